The number of carbonyl (C=O) groups excluding carboxylic acids is 1. The normalized spacial score (nSPS) is 10.7. The third-order valence-electron chi connectivity index (χ3n) is 4.87. The van der Waals surface area contributed by atoms with Gasteiger partial charge in [0.2, 0.25) is 0 Å². The van der Waals surface area contributed by atoms with E-state index in [1.807, 2.05) is 103 Å². The average Bonchev–Trinajstić information content (AvgIpc) is 2.87. The van der Waals surface area contributed by atoms with Gasteiger partial charge in [-0.15, -0.1) is 0 Å². The molecule has 0 aromatic heterocycles. The van der Waals surface area contributed by atoms with E-state index < -0.39 is 5.97 Å². The van der Waals surface area contributed by atoms with Crippen LogP contribution < -0.4 is 9.47 Å². The highest BCUT2D eigenvalue weighted by Crippen LogP contribution is 2.22. The van der Waals surface area contributed by atoms with Crippen molar-refractivity contribution >= 4 is 23.6 Å². The summed E-state index contributed by atoms with van der Waals surface area (Å²) in [6.45, 7) is 0.614. The fraction of sp³-hybridized carbons (Fsp3) is 0.0690. The Morgan fingerprint density at radius 1 is 0.706 bits per heavy atom. The van der Waals surface area contributed by atoms with E-state index in [0.717, 1.165) is 28.2 Å². The highest BCUT2D eigenvalue weighted by molar-refractivity contribution is 6.30. The zero-order valence-corrected chi connectivity index (χ0v) is 19.2. The van der Waals surface area contributed by atoms with E-state index in [9.17, 15) is 4.79 Å². The Morgan fingerprint density at radius 3 is 2.21 bits per heavy atom. The van der Waals surface area contributed by atoms with Crippen LogP contribution in [0.5, 0.6) is 17.2 Å². The van der Waals surface area contributed by atoms with Crippen LogP contribution in [0.25, 0.3) is 6.08 Å². The lowest BCUT2D eigenvalue weighted by Gasteiger charge is -2.08. The van der Waals surface area contributed by atoms with Gasteiger partial charge in [0.1, 0.15) is 30.5 Å². The molecule has 5 heteroatoms. The van der Waals surface area contributed by atoms with E-state index in [4.69, 9.17) is 25.8 Å². The largest absolute Gasteiger partial charge is 0.489 e. The highest BCUT2D eigenvalue weighted by atomic mass is 35.5. The third kappa shape index (κ3) is 7.26. The molecule has 0 saturated carbocycles. The van der Waals surface area contributed by atoms with Gasteiger partial charge in [0.05, 0.1) is 0 Å². The SMILES string of the molecule is O=C(C=Cc1ccc(OCc2ccc(Cl)cc2)cc1)OCc1cccc(Oc2ccccc2)c1. The van der Waals surface area contributed by atoms with Gasteiger partial charge in [-0.2, -0.15) is 0 Å². The molecule has 0 saturated heterocycles. The van der Waals surface area contributed by atoms with Crippen LogP contribution in [0.2, 0.25) is 5.02 Å². The Kier molecular flexibility index (Phi) is 7.99. The van der Waals surface area contributed by atoms with Crippen LogP contribution in [0.15, 0.2) is 109 Å². The lowest BCUT2D eigenvalue weighted by molar-refractivity contribution is -0.138. The number of hydrogen-bond acceptors (Lipinski definition) is 4. The first-order valence-corrected chi connectivity index (χ1v) is 11.2. The maximum Gasteiger partial charge on any atom is 0.331 e. The molecule has 0 amide bonds. The van der Waals surface area contributed by atoms with E-state index in [1.54, 1.807) is 6.08 Å². The second-order valence-corrected chi connectivity index (χ2v) is 7.92. The quantitative estimate of drug-likeness (QED) is 0.188. The fourth-order valence-electron chi connectivity index (χ4n) is 3.11. The molecule has 4 nitrogen and oxygen atoms in total. The molecule has 4 rings (SSSR count). The molecule has 4 aromatic carbocycles. The first-order valence-electron chi connectivity index (χ1n) is 10.8. The van der Waals surface area contributed by atoms with Gasteiger partial charge in [-0.05, 0) is 71.3 Å². The van der Waals surface area contributed by atoms with Crippen molar-refractivity contribution in [2.24, 2.45) is 0 Å². The summed E-state index contributed by atoms with van der Waals surface area (Å²) in [4.78, 5) is 12.1. The first kappa shape index (κ1) is 23.1. The number of para-hydroxylation sites is 1. The standard InChI is InChI=1S/C29H23ClO4/c30-25-14-9-23(10-15-25)20-32-26-16-11-22(12-17-26)13-18-29(31)33-21-24-5-4-8-28(19-24)34-27-6-2-1-3-7-27/h1-19H,20-21H2. The molecule has 0 unspecified atom stereocenters. The molecule has 0 aliphatic carbocycles. The van der Waals surface area contributed by atoms with Gasteiger partial charge in [-0.1, -0.05) is 66.2 Å². The van der Waals surface area contributed by atoms with Crippen molar-refractivity contribution in [3.8, 4) is 17.2 Å². The summed E-state index contributed by atoms with van der Waals surface area (Å²) < 4.78 is 17.0. The summed E-state index contributed by atoms with van der Waals surface area (Å²) in [6, 6.07) is 32.0. The topological polar surface area (TPSA) is 44.8 Å². The number of carbonyl (C=O) groups is 1. The number of halogens is 1. The monoisotopic (exact) mass is 470 g/mol. The zero-order chi connectivity index (χ0) is 23.6. The maximum atomic E-state index is 12.1. The third-order valence-corrected chi connectivity index (χ3v) is 5.12. The van der Waals surface area contributed by atoms with Gasteiger partial charge in [-0.25, -0.2) is 4.79 Å². The summed E-state index contributed by atoms with van der Waals surface area (Å²) in [6.07, 6.45) is 3.12. The molecule has 0 aliphatic rings. The lowest BCUT2D eigenvalue weighted by Crippen LogP contribution is -2.00. The Morgan fingerprint density at radius 2 is 1.44 bits per heavy atom. The number of benzene rings is 4. The lowest BCUT2D eigenvalue weighted by atomic mass is 10.2. The van der Waals surface area contributed by atoms with Crippen molar-refractivity contribution in [2.45, 2.75) is 13.2 Å². The summed E-state index contributed by atoms with van der Waals surface area (Å²) in [5.41, 5.74) is 2.75. The first-order chi connectivity index (χ1) is 16.6. The van der Waals surface area contributed by atoms with E-state index in [0.29, 0.717) is 17.4 Å². The van der Waals surface area contributed by atoms with E-state index >= 15 is 0 Å². The van der Waals surface area contributed by atoms with Crippen LogP contribution in [0.1, 0.15) is 16.7 Å². The van der Waals surface area contributed by atoms with Crippen molar-refractivity contribution in [1.29, 1.82) is 0 Å². The molecule has 0 atom stereocenters. The molecule has 0 spiro atoms. The molecule has 0 bridgehead atoms. The van der Waals surface area contributed by atoms with Crippen LogP contribution in [-0.2, 0) is 22.7 Å². The summed E-state index contributed by atoms with van der Waals surface area (Å²) in [5.74, 6) is 1.76. The van der Waals surface area contributed by atoms with Gasteiger partial charge in [-0.3, -0.25) is 0 Å². The molecule has 0 radical (unpaired) electrons. The summed E-state index contributed by atoms with van der Waals surface area (Å²) >= 11 is 5.90. The molecule has 170 valence electrons. The average molecular weight is 471 g/mol. The molecule has 34 heavy (non-hydrogen) atoms. The Labute approximate surface area is 204 Å². The van der Waals surface area contributed by atoms with Crippen LogP contribution >= 0.6 is 11.6 Å². The second-order valence-electron chi connectivity index (χ2n) is 7.49. The van der Waals surface area contributed by atoms with Crippen LogP contribution in [0, 0.1) is 0 Å². The van der Waals surface area contributed by atoms with Gasteiger partial charge in [0.25, 0.3) is 0 Å². The number of hydrogen-bond donors (Lipinski definition) is 0. The highest BCUT2D eigenvalue weighted by Gasteiger charge is 2.03. The maximum absolute atomic E-state index is 12.1. The van der Waals surface area contributed by atoms with Gasteiger partial charge in [0, 0.05) is 11.1 Å². The summed E-state index contributed by atoms with van der Waals surface area (Å²) in [5, 5.41) is 0.698. The predicted molar refractivity (Wildman–Crippen MR) is 134 cm³/mol. The Hall–Kier alpha value is -4.02. The van der Waals surface area contributed by atoms with E-state index in [-0.39, 0.29) is 6.61 Å². The molecule has 0 aliphatic heterocycles. The Bertz CT molecular complexity index is 1230. The smallest absolute Gasteiger partial charge is 0.331 e. The van der Waals surface area contributed by atoms with Gasteiger partial charge >= 0.3 is 5.97 Å². The number of ether oxygens (including phenoxy) is 3. The minimum atomic E-state index is -0.419. The minimum absolute atomic E-state index is 0.159. The van der Waals surface area contributed by atoms with Crippen molar-refractivity contribution in [3.63, 3.8) is 0 Å². The van der Waals surface area contributed by atoms with Crippen molar-refractivity contribution in [2.75, 3.05) is 0 Å². The molecule has 0 fully saturated rings. The molecule has 0 N–H and O–H groups in total. The van der Waals surface area contributed by atoms with Gasteiger partial charge in [0.15, 0.2) is 0 Å². The molecular formula is C29H23ClO4. The van der Waals surface area contributed by atoms with Crippen LogP contribution in [-0.4, -0.2) is 5.97 Å². The van der Waals surface area contributed by atoms with Gasteiger partial charge < -0.3 is 14.2 Å². The fourth-order valence-corrected chi connectivity index (χ4v) is 3.24. The number of esters is 1. The minimum Gasteiger partial charge on any atom is -0.489 e. The van der Waals surface area contributed by atoms with E-state index in [2.05, 4.69) is 0 Å². The molecular weight excluding hydrogens is 448 g/mol. The second kappa shape index (κ2) is 11.7. The van der Waals surface area contributed by atoms with Crippen LogP contribution in [0.3, 0.4) is 0 Å². The molecule has 0 heterocycles. The van der Waals surface area contributed by atoms with Crippen molar-refractivity contribution in [1.82, 2.24) is 0 Å². The predicted octanol–water partition coefficient (Wildman–Crippen LogP) is 7.47. The zero-order valence-electron chi connectivity index (χ0n) is 18.4. The van der Waals surface area contributed by atoms with Crippen molar-refractivity contribution in [3.05, 3.63) is 131 Å². The summed E-state index contributed by atoms with van der Waals surface area (Å²) in [7, 11) is 0. The number of rotatable bonds is 9. The van der Waals surface area contributed by atoms with Crippen LogP contribution in [0.4, 0.5) is 0 Å². The molecule has 4 aromatic rings. The van der Waals surface area contributed by atoms with E-state index in [1.165, 1.54) is 6.08 Å². The Balaban J connectivity index is 1.24. The van der Waals surface area contributed by atoms with Crippen molar-refractivity contribution < 1.29 is 19.0 Å².